The van der Waals surface area contributed by atoms with Crippen LogP contribution in [0.2, 0.25) is 0 Å². The van der Waals surface area contributed by atoms with Crippen LogP contribution in [0.25, 0.3) is 0 Å². The van der Waals surface area contributed by atoms with E-state index in [1.165, 1.54) is 0 Å². The molecule has 1 atom stereocenters. The topological polar surface area (TPSA) is 36.9 Å². The summed E-state index contributed by atoms with van der Waals surface area (Å²) in [4.78, 5) is 6.75. The van der Waals surface area contributed by atoms with Gasteiger partial charge >= 0.3 is 0 Å². The lowest BCUT2D eigenvalue weighted by atomic mass is 10.3. The molecule has 14 heavy (non-hydrogen) atoms. The molecule has 0 radical (unpaired) electrons. The van der Waals surface area contributed by atoms with Gasteiger partial charge in [0.2, 0.25) is 0 Å². The Balaban J connectivity index is 2.60. The van der Waals surface area contributed by atoms with Crippen LogP contribution < -0.4 is 5.32 Å². The van der Waals surface area contributed by atoms with E-state index in [9.17, 15) is 0 Å². The molecule has 1 N–H and O–H groups in total. The van der Waals surface area contributed by atoms with E-state index in [2.05, 4.69) is 36.0 Å². The Kier molecular flexibility index (Phi) is 4.73. The quantitative estimate of drug-likeness (QED) is 0.525. The maximum absolute atomic E-state index is 5.39. The molecule has 0 bridgehead atoms. The van der Waals surface area contributed by atoms with Crippen molar-refractivity contribution in [1.29, 1.82) is 0 Å². The average Bonchev–Trinajstić information content (AvgIpc) is 2.18. The van der Waals surface area contributed by atoms with Crippen LogP contribution in [0.5, 0.6) is 0 Å². The molecule has 82 valence electrons. The highest BCUT2D eigenvalue weighted by molar-refractivity contribution is 5.80. The molecule has 0 aliphatic carbocycles. The smallest absolute Gasteiger partial charge is 0.194 e. The molecule has 1 fully saturated rings. The summed E-state index contributed by atoms with van der Waals surface area (Å²) in [7, 11) is 0. The van der Waals surface area contributed by atoms with Crippen LogP contribution in [-0.2, 0) is 4.74 Å². The number of rotatable bonds is 2. The van der Waals surface area contributed by atoms with Gasteiger partial charge < -0.3 is 15.0 Å². The SMILES string of the molecule is CCN=C(NCC)N1CCOCC1C. The fraction of sp³-hybridized carbons (Fsp3) is 0.900. The lowest BCUT2D eigenvalue weighted by Gasteiger charge is -2.35. The van der Waals surface area contributed by atoms with Crippen LogP contribution in [0.4, 0.5) is 0 Å². The van der Waals surface area contributed by atoms with Crippen molar-refractivity contribution in [3.05, 3.63) is 0 Å². The van der Waals surface area contributed by atoms with Crippen LogP contribution in [0.1, 0.15) is 20.8 Å². The highest BCUT2D eigenvalue weighted by atomic mass is 16.5. The first-order valence-corrected chi connectivity index (χ1v) is 5.42. The van der Waals surface area contributed by atoms with E-state index in [1.807, 2.05) is 0 Å². The highest BCUT2D eigenvalue weighted by Gasteiger charge is 2.21. The van der Waals surface area contributed by atoms with Gasteiger partial charge in [0.1, 0.15) is 0 Å². The van der Waals surface area contributed by atoms with Gasteiger partial charge in [-0.25, -0.2) is 0 Å². The lowest BCUT2D eigenvalue weighted by Crippen LogP contribution is -2.52. The molecule has 1 saturated heterocycles. The molecule has 0 aromatic rings. The van der Waals surface area contributed by atoms with E-state index in [1.54, 1.807) is 0 Å². The molecule has 1 aliphatic rings. The number of hydrogen-bond donors (Lipinski definition) is 1. The third-order valence-electron chi connectivity index (χ3n) is 2.28. The van der Waals surface area contributed by atoms with E-state index in [0.717, 1.165) is 38.8 Å². The van der Waals surface area contributed by atoms with Crippen molar-refractivity contribution in [1.82, 2.24) is 10.2 Å². The van der Waals surface area contributed by atoms with Crippen LogP contribution in [-0.4, -0.2) is 49.7 Å². The molecule has 1 aliphatic heterocycles. The number of hydrogen-bond acceptors (Lipinski definition) is 2. The molecule has 1 heterocycles. The monoisotopic (exact) mass is 199 g/mol. The zero-order valence-electron chi connectivity index (χ0n) is 9.42. The van der Waals surface area contributed by atoms with Crippen LogP contribution in [0.3, 0.4) is 0 Å². The Morgan fingerprint density at radius 1 is 1.57 bits per heavy atom. The molecule has 1 unspecified atom stereocenters. The predicted molar refractivity (Wildman–Crippen MR) is 58.6 cm³/mol. The van der Waals surface area contributed by atoms with Gasteiger partial charge in [-0.15, -0.1) is 0 Å². The van der Waals surface area contributed by atoms with Crippen molar-refractivity contribution < 1.29 is 4.74 Å². The van der Waals surface area contributed by atoms with Crippen molar-refractivity contribution >= 4 is 5.96 Å². The third-order valence-corrected chi connectivity index (χ3v) is 2.28. The van der Waals surface area contributed by atoms with E-state index >= 15 is 0 Å². The van der Waals surface area contributed by atoms with Gasteiger partial charge in [-0.05, 0) is 20.8 Å². The Morgan fingerprint density at radius 2 is 2.36 bits per heavy atom. The van der Waals surface area contributed by atoms with Gasteiger partial charge in [0.25, 0.3) is 0 Å². The second-order valence-electron chi connectivity index (χ2n) is 3.45. The summed E-state index contributed by atoms with van der Waals surface area (Å²) in [6.07, 6.45) is 0. The Hall–Kier alpha value is -0.770. The van der Waals surface area contributed by atoms with Crippen LogP contribution >= 0.6 is 0 Å². The molecule has 0 spiro atoms. The van der Waals surface area contributed by atoms with E-state index in [0.29, 0.717) is 6.04 Å². The summed E-state index contributed by atoms with van der Waals surface area (Å²) >= 11 is 0. The van der Waals surface area contributed by atoms with E-state index in [-0.39, 0.29) is 0 Å². The zero-order valence-corrected chi connectivity index (χ0v) is 9.42. The van der Waals surface area contributed by atoms with Gasteiger partial charge in [-0.3, -0.25) is 4.99 Å². The first-order chi connectivity index (χ1) is 6.79. The van der Waals surface area contributed by atoms with Crippen molar-refractivity contribution in [3.8, 4) is 0 Å². The van der Waals surface area contributed by atoms with Gasteiger partial charge in [0, 0.05) is 19.6 Å². The van der Waals surface area contributed by atoms with Crippen molar-refractivity contribution in [2.24, 2.45) is 4.99 Å². The summed E-state index contributed by atoms with van der Waals surface area (Å²) < 4.78 is 5.39. The first kappa shape index (κ1) is 11.3. The Morgan fingerprint density at radius 3 is 2.93 bits per heavy atom. The van der Waals surface area contributed by atoms with Gasteiger partial charge in [0.05, 0.1) is 19.3 Å². The second-order valence-corrected chi connectivity index (χ2v) is 3.45. The number of nitrogens with one attached hydrogen (secondary N) is 1. The van der Waals surface area contributed by atoms with Crippen molar-refractivity contribution in [2.45, 2.75) is 26.8 Å². The average molecular weight is 199 g/mol. The third kappa shape index (κ3) is 2.87. The molecule has 1 rings (SSSR count). The fourth-order valence-corrected chi connectivity index (χ4v) is 1.60. The van der Waals surface area contributed by atoms with Crippen molar-refractivity contribution in [2.75, 3.05) is 32.8 Å². The predicted octanol–water partition coefficient (Wildman–Crippen LogP) is 0.692. The van der Waals surface area contributed by atoms with E-state index in [4.69, 9.17) is 4.74 Å². The lowest BCUT2D eigenvalue weighted by molar-refractivity contribution is 0.0315. The normalized spacial score (nSPS) is 23.8. The minimum absolute atomic E-state index is 0.424. The zero-order chi connectivity index (χ0) is 10.4. The van der Waals surface area contributed by atoms with E-state index < -0.39 is 0 Å². The standard InChI is InChI=1S/C10H21N3O/c1-4-11-10(12-5-2)13-6-7-14-8-9(13)3/h9H,4-8H2,1-3H3,(H,11,12). The minimum Gasteiger partial charge on any atom is -0.377 e. The van der Waals surface area contributed by atoms with Crippen molar-refractivity contribution in [3.63, 3.8) is 0 Å². The number of guanidine groups is 1. The summed E-state index contributed by atoms with van der Waals surface area (Å²) in [5, 5.41) is 3.30. The highest BCUT2D eigenvalue weighted by Crippen LogP contribution is 2.06. The number of nitrogens with zero attached hydrogens (tertiary/aromatic N) is 2. The molecule has 0 aromatic heterocycles. The van der Waals surface area contributed by atoms with Gasteiger partial charge in [-0.2, -0.15) is 0 Å². The largest absolute Gasteiger partial charge is 0.377 e. The first-order valence-electron chi connectivity index (χ1n) is 5.42. The fourth-order valence-electron chi connectivity index (χ4n) is 1.60. The minimum atomic E-state index is 0.424. The summed E-state index contributed by atoms with van der Waals surface area (Å²) in [6, 6.07) is 0.424. The maximum Gasteiger partial charge on any atom is 0.194 e. The summed E-state index contributed by atoms with van der Waals surface area (Å²) in [6.45, 7) is 10.6. The number of ether oxygens (including phenoxy) is 1. The maximum atomic E-state index is 5.39. The number of aliphatic imine (C=N–C) groups is 1. The molecule has 4 heteroatoms. The molecule has 0 saturated carbocycles. The number of morpholine rings is 1. The Bertz CT molecular complexity index is 194. The Labute approximate surface area is 86.3 Å². The molecular formula is C10H21N3O. The molecule has 0 amide bonds. The van der Waals surface area contributed by atoms with Crippen LogP contribution in [0, 0.1) is 0 Å². The van der Waals surface area contributed by atoms with Gasteiger partial charge in [0.15, 0.2) is 5.96 Å². The summed E-state index contributed by atoms with van der Waals surface area (Å²) in [5.74, 6) is 1.02. The molecule has 0 aromatic carbocycles. The molecule has 4 nitrogen and oxygen atoms in total. The second kappa shape index (κ2) is 5.86. The van der Waals surface area contributed by atoms with Crippen LogP contribution in [0.15, 0.2) is 4.99 Å². The van der Waals surface area contributed by atoms with Gasteiger partial charge in [-0.1, -0.05) is 0 Å². The summed E-state index contributed by atoms with van der Waals surface area (Å²) in [5.41, 5.74) is 0. The molecular weight excluding hydrogens is 178 g/mol.